The van der Waals surface area contributed by atoms with E-state index in [4.69, 9.17) is 0 Å². The number of anilines is 1. The minimum absolute atomic E-state index is 0.0476. The van der Waals surface area contributed by atoms with Crippen LogP contribution >= 0.6 is 0 Å². The number of rotatable bonds is 3. The molecule has 1 aliphatic carbocycles. The Kier molecular flexibility index (Phi) is 3.67. The van der Waals surface area contributed by atoms with Crippen molar-refractivity contribution in [2.24, 2.45) is 5.92 Å². The molecular formula is C14H20N2O. The Bertz CT molecular complexity index is 386. The molecule has 3 heteroatoms. The Morgan fingerprint density at radius 1 is 1.24 bits per heavy atom. The van der Waals surface area contributed by atoms with Crippen LogP contribution in [0.3, 0.4) is 0 Å². The molecule has 0 bridgehead atoms. The zero-order valence-electron chi connectivity index (χ0n) is 10.5. The van der Waals surface area contributed by atoms with Gasteiger partial charge in [-0.2, -0.15) is 0 Å². The second-order valence-corrected chi connectivity index (χ2v) is 4.82. The Hall–Kier alpha value is -1.51. The molecule has 3 nitrogen and oxygen atoms in total. The van der Waals surface area contributed by atoms with Crippen molar-refractivity contribution in [3.63, 3.8) is 0 Å². The second-order valence-electron chi connectivity index (χ2n) is 4.82. The number of amides is 1. The van der Waals surface area contributed by atoms with E-state index in [1.807, 2.05) is 31.3 Å². The van der Waals surface area contributed by atoms with Crippen molar-refractivity contribution in [3.8, 4) is 0 Å². The van der Waals surface area contributed by atoms with E-state index in [0.717, 1.165) is 17.7 Å². The lowest BCUT2D eigenvalue weighted by molar-refractivity contribution is 0.0929. The van der Waals surface area contributed by atoms with Gasteiger partial charge in [-0.1, -0.05) is 13.3 Å². The minimum Gasteiger partial charge on any atom is -0.388 e. The first-order valence-electron chi connectivity index (χ1n) is 6.29. The molecule has 0 radical (unpaired) electrons. The molecule has 2 rings (SSSR count). The first kappa shape index (κ1) is 12.0. The van der Waals surface area contributed by atoms with E-state index in [1.54, 1.807) is 0 Å². The van der Waals surface area contributed by atoms with Gasteiger partial charge in [-0.05, 0) is 43.0 Å². The molecule has 0 spiro atoms. The maximum Gasteiger partial charge on any atom is 0.251 e. The molecule has 2 unspecified atom stereocenters. The molecule has 0 aromatic heterocycles. The Morgan fingerprint density at radius 3 is 2.47 bits per heavy atom. The molecule has 92 valence electrons. The molecule has 1 aromatic rings. The monoisotopic (exact) mass is 232 g/mol. The van der Waals surface area contributed by atoms with Gasteiger partial charge < -0.3 is 10.6 Å². The Morgan fingerprint density at radius 2 is 1.94 bits per heavy atom. The maximum atomic E-state index is 12.0. The van der Waals surface area contributed by atoms with Gasteiger partial charge in [0, 0.05) is 24.3 Å². The number of hydrogen-bond acceptors (Lipinski definition) is 2. The third kappa shape index (κ3) is 2.78. The molecule has 0 saturated heterocycles. The molecule has 1 fully saturated rings. The Balaban J connectivity index is 1.99. The fraction of sp³-hybridized carbons (Fsp3) is 0.500. The predicted molar refractivity (Wildman–Crippen MR) is 70.3 cm³/mol. The third-order valence-electron chi connectivity index (χ3n) is 3.61. The fourth-order valence-electron chi connectivity index (χ4n) is 2.40. The van der Waals surface area contributed by atoms with Crippen LogP contribution in [-0.2, 0) is 0 Å². The summed E-state index contributed by atoms with van der Waals surface area (Å²) in [4.78, 5) is 12.0. The average molecular weight is 232 g/mol. The lowest BCUT2D eigenvalue weighted by atomic mass is 10.1. The van der Waals surface area contributed by atoms with Gasteiger partial charge >= 0.3 is 0 Å². The summed E-state index contributed by atoms with van der Waals surface area (Å²) in [5, 5.41) is 6.16. The predicted octanol–water partition coefficient (Wildman–Crippen LogP) is 2.65. The first-order valence-corrected chi connectivity index (χ1v) is 6.29. The molecule has 1 saturated carbocycles. The highest BCUT2D eigenvalue weighted by atomic mass is 16.1. The van der Waals surface area contributed by atoms with Gasteiger partial charge in [-0.15, -0.1) is 0 Å². The van der Waals surface area contributed by atoms with Crippen molar-refractivity contribution < 1.29 is 4.79 Å². The molecule has 1 amide bonds. The lowest BCUT2D eigenvalue weighted by Gasteiger charge is -2.17. The van der Waals surface area contributed by atoms with Crippen LogP contribution in [0, 0.1) is 5.92 Å². The molecule has 2 N–H and O–H groups in total. The van der Waals surface area contributed by atoms with E-state index in [9.17, 15) is 4.79 Å². The van der Waals surface area contributed by atoms with Gasteiger partial charge in [-0.3, -0.25) is 4.79 Å². The van der Waals surface area contributed by atoms with Gasteiger partial charge in [0.25, 0.3) is 5.91 Å². The van der Waals surface area contributed by atoms with Gasteiger partial charge in [0.1, 0.15) is 0 Å². The standard InChI is InChI=1S/C14H20N2O/c1-10-4-3-5-13(10)16-14(17)11-6-8-12(15-2)9-7-11/h6-10,13,15H,3-5H2,1-2H3,(H,16,17). The third-order valence-corrected chi connectivity index (χ3v) is 3.61. The Labute approximate surface area is 103 Å². The maximum absolute atomic E-state index is 12.0. The first-order chi connectivity index (χ1) is 8.20. The van der Waals surface area contributed by atoms with E-state index in [2.05, 4.69) is 17.6 Å². The van der Waals surface area contributed by atoms with Crippen molar-refractivity contribution in [2.75, 3.05) is 12.4 Å². The van der Waals surface area contributed by atoms with Gasteiger partial charge in [-0.25, -0.2) is 0 Å². The van der Waals surface area contributed by atoms with Crippen molar-refractivity contribution in [1.29, 1.82) is 0 Å². The van der Waals surface area contributed by atoms with Crippen molar-refractivity contribution in [1.82, 2.24) is 5.32 Å². The summed E-state index contributed by atoms with van der Waals surface area (Å²) in [6.45, 7) is 2.21. The number of nitrogens with one attached hydrogen (secondary N) is 2. The molecule has 2 atom stereocenters. The van der Waals surface area contributed by atoms with Crippen LogP contribution in [0.2, 0.25) is 0 Å². The van der Waals surface area contributed by atoms with Crippen LogP contribution in [0.4, 0.5) is 5.69 Å². The average Bonchev–Trinajstić information content (AvgIpc) is 2.75. The van der Waals surface area contributed by atoms with Crippen molar-refractivity contribution in [2.45, 2.75) is 32.2 Å². The summed E-state index contributed by atoms with van der Waals surface area (Å²) < 4.78 is 0. The number of carbonyl (C=O) groups is 1. The molecule has 17 heavy (non-hydrogen) atoms. The van der Waals surface area contributed by atoms with Gasteiger partial charge in [0.15, 0.2) is 0 Å². The molecule has 0 aliphatic heterocycles. The SMILES string of the molecule is CNc1ccc(C(=O)NC2CCCC2C)cc1. The van der Waals surface area contributed by atoms with E-state index in [1.165, 1.54) is 12.8 Å². The van der Waals surface area contributed by atoms with Crippen molar-refractivity contribution >= 4 is 11.6 Å². The number of carbonyl (C=O) groups excluding carboxylic acids is 1. The molecule has 1 aliphatic rings. The summed E-state index contributed by atoms with van der Waals surface area (Å²) in [5.74, 6) is 0.655. The van der Waals surface area contributed by atoms with Crippen LogP contribution in [0.1, 0.15) is 36.5 Å². The second kappa shape index (κ2) is 5.21. The lowest BCUT2D eigenvalue weighted by Crippen LogP contribution is -2.36. The van der Waals surface area contributed by atoms with E-state index < -0.39 is 0 Å². The molecular weight excluding hydrogens is 212 g/mol. The van der Waals surface area contributed by atoms with E-state index in [0.29, 0.717) is 12.0 Å². The summed E-state index contributed by atoms with van der Waals surface area (Å²) >= 11 is 0. The smallest absolute Gasteiger partial charge is 0.251 e. The topological polar surface area (TPSA) is 41.1 Å². The summed E-state index contributed by atoms with van der Waals surface area (Å²) in [6, 6.07) is 7.92. The molecule has 0 heterocycles. The zero-order valence-corrected chi connectivity index (χ0v) is 10.5. The van der Waals surface area contributed by atoms with E-state index >= 15 is 0 Å². The highest BCUT2D eigenvalue weighted by Crippen LogP contribution is 2.25. The van der Waals surface area contributed by atoms with Gasteiger partial charge in [0.05, 0.1) is 0 Å². The minimum atomic E-state index is 0.0476. The van der Waals surface area contributed by atoms with Gasteiger partial charge in [0.2, 0.25) is 0 Å². The summed E-state index contributed by atoms with van der Waals surface area (Å²) in [5.41, 5.74) is 1.76. The highest BCUT2D eigenvalue weighted by Gasteiger charge is 2.24. The van der Waals surface area contributed by atoms with Crippen LogP contribution in [-0.4, -0.2) is 19.0 Å². The van der Waals surface area contributed by atoms with E-state index in [-0.39, 0.29) is 5.91 Å². The number of benzene rings is 1. The summed E-state index contributed by atoms with van der Waals surface area (Å²) in [7, 11) is 1.87. The number of hydrogen-bond donors (Lipinski definition) is 2. The normalized spacial score (nSPS) is 23.4. The summed E-state index contributed by atoms with van der Waals surface area (Å²) in [6.07, 6.45) is 3.57. The zero-order chi connectivity index (χ0) is 12.3. The van der Waals surface area contributed by atoms with Crippen LogP contribution in [0.25, 0.3) is 0 Å². The van der Waals surface area contributed by atoms with Crippen molar-refractivity contribution in [3.05, 3.63) is 29.8 Å². The quantitative estimate of drug-likeness (QED) is 0.841. The van der Waals surface area contributed by atoms with Crippen LogP contribution in [0.15, 0.2) is 24.3 Å². The van der Waals surface area contributed by atoms with Crippen LogP contribution in [0.5, 0.6) is 0 Å². The highest BCUT2D eigenvalue weighted by molar-refractivity contribution is 5.94. The fourth-order valence-corrected chi connectivity index (χ4v) is 2.40. The molecule has 1 aromatic carbocycles. The largest absolute Gasteiger partial charge is 0.388 e. The van der Waals surface area contributed by atoms with Crippen LogP contribution < -0.4 is 10.6 Å².